The van der Waals surface area contributed by atoms with Gasteiger partial charge in [0.15, 0.2) is 0 Å². The van der Waals surface area contributed by atoms with Crippen molar-refractivity contribution < 1.29 is 0 Å². The summed E-state index contributed by atoms with van der Waals surface area (Å²) in [5.74, 6) is 1.09. The van der Waals surface area contributed by atoms with Gasteiger partial charge in [-0.1, -0.05) is 6.92 Å². The molecule has 0 amide bonds. The number of hydrogen-bond donors (Lipinski definition) is 1. The summed E-state index contributed by atoms with van der Waals surface area (Å²) < 4.78 is 2.03. The molecule has 0 aliphatic carbocycles. The molecule has 0 radical (unpaired) electrons. The first kappa shape index (κ1) is 12.5. The highest BCUT2D eigenvalue weighted by Gasteiger charge is 2.30. The second kappa shape index (κ2) is 5.14. The summed E-state index contributed by atoms with van der Waals surface area (Å²) in [5.41, 5.74) is 0.196. The van der Waals surface area contributed by atoms with E-state index in [0.29, 0.717) is 0 Å². The lowest BCUT2D eigenvalue weighted by Gasteiger charge is -2.42. The van der Waals surface area contributed by atoms with Crippen molar-refractivity contribution in [3.05, 3.63) is 12.2 Å². The zero-order chi connectivity index (χ0) is 12.3. The van der Waals surface area contributed by atoms with Gasteiger partial charge in [-0.05, 0) is 20.3 Å². The monoisotopic (exact) mass is 237 g/mol. The number of hydrogen-bond acceptors (Lipinski definition) is 4. The molecule has 17 heavy (non-hydrogen) atoms. The van der Waals surface area contributed by atoms with E-state index in [-0.39, 0.29) is 5.54 Å². The predicted molar refractivity (Wildman–Crippen MR) is 67.7 cm³/mol. The van der Waals surface area contributed by atoms with Gasteiger partial charge in [-0.3, -0.25) is 4.90 Å². The zero-order valence-corrected chi connectivity index (χ0v) is 11.1. The van der Waals surface area contributed by atoms with E-state index in [2.05, 4.69) is 41.1 Å². The lowest BCUT2D eigenvalue weighted by atomic mass is 10.0. The average molecular weight is 237 g/mol. The Morgan fingerprint density at radius 2 is 2.29 bits per heavy atom. The van der Waals surface area contributed by atoms with Gasteiger partial charge in [-0.15, -0.1) is 0 Å². The summed E-state index contributed by atoms with van der Waals surface area (Å²) in [6.45, 7) is 11.8. The highest BCUT2D eigenvalue weighted by molar-refractivity contribution is 4.93. The van der Waals surface area contributed by atoms with Crippen LogP contribution in [0.25, 0.3) is 0 Å². The normalized spacial score (nSPS) is 20.6. The second-order valence-electron chi connectivity index (χ2n) is 5.31. The maximum atomic E-state index is 4.38. The fourth-order valence-electron chi connectivity index (χ4n) is 2.30. The minimum Gasteiger partial charge on any atom is -0.314 e. The van der Waals surface area contributed by atoms with Gasteiger partial charge in [0.2, 0.25) is 0 Å². The van der Waals surface area contributed by atoms with Crippen molar-refractivity contribution in [1.29, 1.82) is 0 Å². The maximum Gasteiger partial charge on any atom is 0.141 e. The van der Waals surface area contributed by atoms with Gasteiger partial charge in [0.25, 0.3) is 0 Å². The van der Waals surface area contributed by atoms with Crippen LogP contribution in [-0.2, 0) is 13.1 Å². The van der Waals surface area contributed by atoms with E-state index in [9.17, 15) is 0 Å². The average Bonchev–Trinajstić information content (AvgIpc) is 2.70. The van der Waals surface area contributed by atoms with E-state index >= 15 is 0 Å². The van der Waals surface area contributed by atoms with E-state index < -0.39 is 0 Å². The number of aryl methyl sites for hydroxylation is 1. The van der Waals surface area contributed by atoms with Gasteiger partial charge < -0.3 is 5.32 Å². The molecule has 0 spiro atoms. The number of piperazine rings is 1. The van der Waals surface area contributed by atoms with Crippen LogP contribution in [0, 0.1) is 0 Å². The molecule has 2 heterocycles. The molecule has 0 saturated carbocycles. The molecule has 96 valence electrons. The Morgan fingerprint density at radius 1 is 1.47 bits per heavy atom. The molecule has 1 aliphatic heterocycles. The first-order valence-electron chi connectivity index (χ1n) is 6.46. The third-order valence-corrected chi connectivity index (χ3v) is 3.44. The van der Waals surface area contributed by atoms with Crippen molar-refractivity contribution in [2.24, 2.45) is 0 Å². The highest BCUT2D eigenvalue weighted by atomic mass is 15.4. The largest absolute Gasteiger partial charge is 0.314 e. The molecule has 0 aromatic carbocycles. The Bertz CT molecular complexity index is 358. The highest BCUT2D eigenvalue weighted by Crippen LogP contribution is 2.18. The summed E-state index contributed by atoms with van der Waals surface area (Å²) in [4.78, 5) is 6.87. The minimum absolute atomic E-state index is 0.196. The van der Waals surface area contributed by atoms with Crippen LogP contribution in [0.15, 0.2) is 6.33 Å². The summed E-state index contributed by atoms with van der Waals surface area (Å²) in [6, 6.07) is 0. The van der Waals surface area contributed by atoms with Crippen LogP contribution in [0.2, 0.25) is 0 Å². The minimum atomic E-state index is 0.196. The molecule has 5 heteroatoms. The summed E-state index contributed by atoms with van der Waals surface area (Å²) >= 11 is 0. The molecule has 0 unspecified atom stereocenters. The first-order valence-corrected chi connectivity index (χ1v) is 6.46. The molecule has 0 atom stereocenters. The smallest absolute Gasteiger partial charge is 0.141 e. The Hall–Kier alpha value is -0.940. The molecule has 1 aliphatic rings. The molecule has 5 nitrogen and oxygen atoms in total. The molecule has 2 rings (SSSR count). The molecule has 1 fully saturated rings. The summed E-state index contributed by atoms with van der Waals surface area (Å²) in [7, 11) is 0. The Morgan fingerprint density at radius 3 is 3.00 bits per heavy atom. The van der Waals surface area contributed by atoms with E-state index in [1.54, 1.807) is 6.33 Å². The van der Waals surface area contributed by atoms with Crippen molar-refractivity contribution in [1.82, 2.24) is 25.0 Å². The van der Waals surface area contributed by atoms with Crippen molar-refractivity contribution in [2.45, 2.75) is 45.8 Å². The lowest BCUT2D eigenvalue weighted by molar-refractivity contribution is 0.0783. The number of nitrogens with one attached hydrogen (secondary N) is 1. The van der Waals surface area contributed by atoms with Crippen LogP contribution in [0.5, 0.6) is 0 Å². The van der Waals surface area contributed by atoms with Crippen LogP contribution in [-0.4, -0.2) is 44.8 Å². The van der Waals surface area contributed by atoms with E-state index in [1.807, 2.05) is 4.68 Å². The van der Waals surface area contributed by atoms with Crippen LogP contribution in [0.1, 0.15) is 33.0 Å². The van der Waals surface area contributed by atoms with E-state index in [0.717, 1.165) is 45.0 Å². The Balaban J connectivity index is 2.06. The summed E-state index contributed by atoms with van der Waals surface area (Å²) in [5, 5.41) is 7.72. The lowest BCUT2D eigenvalue weighted by Crippen LogP contribution is -2.57. The van der Waals surface area contributed by atoms with Gasteiger partial charge in [0.05, 0.1) is 6.54 Å². The van der Waals surface area contributed by atoms with E-state index in [1.165, 1.54) is 0 Å². The third kappa shape index (κ3) is 2.84. The molecule has 1 aromatic rings. The molecule has 1 saturated heterocycles. The van der Waals surface area contributed by atoms with Gasteiger partial charge in [-0.2, -0.15) is 5.10 Å². The maximum absolute atomic E-state index is 4.38. The first-order chi connectivity index (χ1) is 8.13. The van der Waals surface area contributed by atoms with E-state index in [4.69, 9.17) is 0 Å². The topological polar surface area (TPSA) is 46.0 Å². The van der Waals surface area contributed by atoms with Crippen molar-refractivity contribution in [3.63, 3.8) is 0 Å². The van der Waals surface area contributed by atoms with Crippen molar-refractivity contribution >= 4 is 0 Å². The van der Waals surface area contributed by atoms with Crippen LogP contribution >= 0.6 is 0 Å². The van der Waals surface area contributed by atoms with Crippen LogP contribution < -0.4 is 5.32 Å². The number of aromatic nitrogens is 3. The molecule has 1 N–H and O–H groups in total. The van der Waals surface area contributed by atoms with Gasteiger partial charge in [-0.25, -0.2) is 9.67 Å². The SMILES string of the molecule is CCCn1ncnc1CN1CCNCC1(C)C. The van der Waals surface area contributed by atoms with Crippen molar-refractivity contribution in [2.75, 3.05) is 19.6 Å². The third-order valence-electron chi connectivity index (χ3n) is 3.44. The molecule has 1 aromatic heterocycles. The fraction of sp³-hybridized carbons (Fsp3) is 0.833. The molecular formula is C12H23N5. The van der Waals surface area contributed by atoms with Gasteiger partial charge >= 0.3 is 0 Å². The predicted octanol–water partition coefficient (Wildman–Crippen LogP) is 0.872. The van der Waals surface area contributed by atoms with Crippen LogP contribution in [0.4, 0.5) is 0 Å². The van der Waals surface area contributed by atoms with Gasteiger partial charge in [0.1, 0.15) is 12.2 Å². The quantitative estimate of drug-likeness (QED) is 0.844. The molecule has 0 bridgehead atoms. The zero-order valence-electron chi connectivity index (χ0n) is 11.1. The fourth-order valence-corrected chi connectivity index (χ4v) is 2.30. The standard InChI is InChI=1S/C12H23N5/c1-4-6-17-11(14-10-15-17)8-16-7-5-13-9-12(16,2)3/h10,13H,4-9H2,1-3H3. The Labute approximate surface area is 103 Å². The van der Waals surface area contributed by atoms with Crippen molar-refractivity contribution in [3.8, 4) is 0 Å². The number of nitrogens with zero attached hydrogens (tertiary/aromatic N) is 4. The Kier molecular flexibility index (Phi) is 3.79. The molecular weight excluding hydrogens is 214 g/mol. The van der Waals surface area contributed by atoms with Crippen LogP contribution in [0.3, 0.4) is 0 Å². The van der Waals surface area contributed by atoms with Gasteiger partial charge in [0, 0.05) is 31.7 Å². The number of rotatable bonds is 4. The summed E-state index contributed by atoms with van der Waals surface area (Å²) in [6.07, 6.45) is 2.77. The second-order valence-corrected chi connectivity index (χ2v) is 5.31.